The van der Waals surface area contributed by atoms with Gasteiger partial charge in [-0.3, -0.25) is 5.41 Å². The van der Waals surface area contributed by atoms with Crippen LogP contribution >= 0.6 is 23.2 Å². The van der Waals surface area contributed by atoms with Crippen molar-refractivity contribution in [1.29, 1.82) is 5.41 Å². The first kappa shape index (κ1) is 22.7. The molecule has 0 aliphatic heterocycles. The number of hydrogen-bond donors (Lipinski definition) is 1. The molecule has 0 amide bonds. The van der Waals surface area contributed by atoms with Gasteiger partial charge in [-0.1, -0.05) is 65.7 Å². The Morgan fingerprint density at radius 1 is 0.839 bits per heavy atom. The number of para-hydroxylation sites is 1. The summed E-state index contributed by atoms with van der Waals surface area (Å²) in [5.74, 6) is -0.112. The van der Waals surface area contributed by atoms with Crippen LogP contribution in [0.5, 0.6) is 11.5 Å². The minimum atomic E-state index is -0.742. The van der Waals surface area contributed by atoms with E-state index in [1.54, 1.807) is 37.3 Å². The molecule has 0 saturated carbocycles. The molecular weight excluding hydrogens is 437 g/mol. The number of esters is 1. The van der Waals surface area contributed by atoms with Crippen molar-refractivity contribution in [2.45, 2.75) is 20.1 Å². The Morgan fingerprint density at radius 2 is 1.42 bits per heavy atom. The zero-order valence-electron chi connectivity index (χ0n) is 16.9. The standard InChI is InChI=1S/C24H21Cl2NO4/c1-2-29-24(28)22(27)18-10-7-13-21(30-14-16-8-3-5-11-19(16)25)23(18)31-15-17-9-4-6-12-20(17)26/h3-13,27H,2,14-15H2,1H3. The van der Waals surface area contributed by atoms with Gasteiger partial charge >= 0.3 is 5.97 Å². The van der Waals surface area contributed by atoms with Crippen LogP contribution < -0.4 is 9.47 Å². The normalized spacial score (nSPS) is 10.4. The van der Waals surface area contributed by atoms with Gasteiger partial charge in [0.1, 0.15) is 13.2 Å². The molecular formula is C24H21Cl2NO4. The summed E-state index contributed by atoms with van der Waals surface area (Å²) >= 11 is 12.5. The molecule has 1 N–H and O–H groups in total. The highest BCUT2D eigenvalue weighted by atomic mass is 35.5. The molecule has 0 heterocycles. The lowest BCUT2D eigenvalue weighted by Gasteiger charge is -2.17. The molecule has 31 heavy (non-hydrogen) atoms. The number of benzene rings is 3. The fraction of sp³-hybridized carbons (Fsp3) is 0.167. The first-order valence-corrected chi connectivity index (χ1v) is 10.4. The molecule has 5 nitrogen and oxygen atoms in total. The molecule has 3 aromatic carbocycles. The largest absolute Gasteiger partial charge is 0.485 e. The molecule has 0 fully saturated rings. The highest BCUT2D eigenvalue weighted by molar-refractivity contribution is 6.42. The van der Waals surface area contributed by atoms with Crippen LogP contribution in [0.3, 0.4) is 0 Å². The molecule has 0 radical (unpaired) electrons. The Bertz CT molecular complexity index is 1080. The molecule has 0 atom stereocenters. The zero-order chi connectivity index (χ0) is 22.2. The maximum Gasteiger partial charge on any atom is 0.356 e. The van der Waals surface area contributed by atoms with Crippen LogP contribution in [0.1, 0.15) is 23.6 Å². The number of rotatable bonds is 9. The molecule has 0 aliphatic carbocycles. The third-order valence-electron chi connectivity index (χ3n) is 4.40. The average Bonchev–Trinajstić information content (AvgIpc) is 2.78. The first-order chi connectivity index (χ1) is 15.0. The van der Waals surface area contributed by atoms with Crippen LogP contribution in [0.4, 0.5) is 0 Å². The highest BCUT2D eigenvalue weighted by Crippen LogP contribution is 2.34. The van der Waals surface area contributed by atoms with E-state index in [0.29, 0.717) is 15.8 Å². The maximum atomic E-state index is 12.2. The van der Waals surface area contributed by atoms with Crippen LogP contribution in [0.25, 0.3) is 0 Å². The zero-order valence-corrected chi connectivity index (χ0v) is 18.4. The van der Waals surface area contributed by atoms with Crippen molar-refractivity contribution in [1.82, 2.24) is 0 Å². The summed E-state index contributed by atoms with van der Waals surface area (Å²) in [6, 6.07) is 19.6. The fourth-order valence-corrected chi connectivity index (χ4v) is 3.21. The number of carbonyl (C=O) groups is 1. The van der Waals surface area contributed by atoms with Crippen molar-refractivity contribution in [2.75, 3.05) is 6.61 Å². The third kappa shape index (κ3) is 5.78. The lowest BCUT2D eigenvalue weighted by atomic mass is 10.1. The van der Waals surface area contributed by atoms with Crippen molar-refractivity contribution in [3.05, 3.63) is 93.5 Å². The summed E-state index contributed by atoms with van der Waals surface area (Å²) in [6.07, 6.45) is 0. The molecule has 0 spiro atoms. The summed E-state index contributed by atoms with van der Waals surface area (Å²) in [5.41, 5.74) is 1.51. The Balaban J connectivity index is 1.92. The summed E-state index contributed by atoms with van der Waals surface area (Å²) in [4.78, 5) is 12.2. The van der Waals surface area contributed by atoms with E-state index in [9.17, 15) is 4.79 Å². The van der Waals surface area contributed by atoms with Crippen molar-refractivity contribution < 1.29 is 19.0 Å². The van der Waals surface area contributed by atoms with Gasteiger partial charge < -0.3 is 14.2 Å². The predicted molar refractivity (Wildman–Crippen MR) is 121 cm³/mol. The summed E-state index contributed by atoms with van der Waals surface area (Å²) in [6.45, 7) is 2.18. The molecule has 3 aromatic rings. The molecule has 0 aliphatic rings. The number of hydrogen-bond acceptors (Lipinski definition) is 5. The van der Waals surface area contributed by atoms with E-state index in [1.807, 2.05) is 36.4 Å². The van der Waals surface area contributed by atoms with Gasteiger partial charge in [-0.25, -0.2) is 4.79 Å². The van der Waals surface area contributed by atoms with Gasteiger partial charge in [0.05, 0.1) is 12.2 Å². The van der Waals surface area contributed by atoms with Crippen LogP contribution in [0.15, 0.2) is 66.7 Å². The predicted octanol–water partition coefficient (Wildman–Crippen LogP) is 6.08. The highest BCUT2D eigenvalue weighted by Gasteiger charge is 2.21. The van der Waals surface area contributed by atoms with Gasteiger partial charge in [0.2, 0.25) is 0 Å². The Hall–Kier alpha value is -3.02. The fourth-order valence-electron chi connectivity index (χ4n) is 2.82. The van der Waals surface area contributed by atoms with E-state index < -0.39 is 5.97 Å². The summed E-state index contributed by atoms with van der Waals surface area (Å²) < 4.78 is 17.0. The van der Waals surface area contributed by atoms with E-state index in [2.05, 4.69) is 0 Å². The first-order valence-electron chi connectivity index (χ1n) is 9.62. The Morgan fingerprint density at radius 3 is 2.00 bits per heavy atom. The maximum absolute atomic E-state index is 12.2. The number of carbonyl (C=O) groups excluding carboxylic acids is 1. The quantitative estimate of drug-likeness (QED) is 0.312. The topological polar surface area (TPSA) is 68.6 Å². The monoisotopic (exact) mass is 457 g/mol. The SMILES string of the molecule is CCOC(=O)C(=N)c1cccc(OCc2ccccc2Cl)c1OCc1ccccc1Cl. The van der Waals surface area contributed by atoms with E-state index >= 15 is 0 Å². The average molecular weight is 458 g/mol. The van der Waals surface area contributed by atoms with Gasteiger partial charge in [-0.05, 0) is 31.2 Å². The lowest BCUT2D eigenvalue weighted by Crippen LogP contribution is -2.19. The molecule has 0 aromatic heterocycles. The van der Waals surface area contributed by atoms with E-state index in [-0.39, 0.29) is 36.8 Å². The van der Waals surface area contributed by atoms with Gasteiger partial charge in [-0.15, -0.1) is 0 Å². The van der Waals surface area contributed by atoms with Crippen LogP contribution in [0.2, 0.25) is 10.0 Å². The summed E-state index contributed by atoms with van der Waals surface area (Å²) in [5, 5.41) is 9.41. The second-order valence-electron chi connectivity index (χ2n) is 6.49. The van der Waals surface area contributed by atoms with Gasteiger partial charge in [0.25, 0.3) is 0 Å². The Kier molecular flexibility index (Phi) is 7.93. The second kappa shape index (κ2) is 10.8. The van der Waals surface area contributed by atoms with Gasteiger partial charge in [0.15, 0.2) is 17.2 Å². The molecule has 0 bridgehead atoms. The molecule has 0 unspecified atom stereocenters. The van der Waals surface area contributed by atoms with Crippen molar-refractivity contribution >= 4 is 34.9 Å². The third-order valence-corrected chi connectivity index (χ3v) is 5.14. The van der Waals surface area contributed by atoms with E-state index in [1.165, 1.54) is 0 Å². The van der Waals surface area contributed by atoms with Crippen molar-refractivity contribution in [2.24, 2.45) is 0 Å². The minimum Gasteiger partial charge on any atom is -0.485 e. The van der Waals surface area contributed by atoms with Gasteiger partial charge in [-0.2, -0.15) is 0 Å². The van der Waals surface area contributed by atoms with Crippen LogP contribution in [-0.4, -0.2) is 18.3 Å². The van der Waals surface area contributed by atoms with Crippen LogP contribution in [-0.2, 0) is 22.7 Å². The van der Waals surface area contributed by atoms with Crippen molar-refractivity contribution in [3.8, 4) is 11.5 Å². The number of ether oxygens (including phenoxy) is 3. The van der Waals surface area contributed by atoms with Crippen LogP contribution in [0, 0.1) is 5.41 Å². The van der Waals surface area contributed by atoms with E-state index in [0.717, 1.165) is 11.1 Å². The smallest absolute Gasteiger partial charge is 0.356 e. The number of halogens is 2. The molecule has 160 valence electrons. The molecule has 7 heteroatoms. The lowest BCUT2D eigenvalue weighted by molar-refractivity contribution is -0.135. The molecule has 0 saturated heterocycles. The Labute approximate surface area is 191 Å². The minimum absolute atomic E-state index is 0.134. The van der Waals surface area contributed by atoms with Crippen molar-refractivity contribution in [3.63, 3.8) is 0 Å². The summed E-state index contributed by atoms with van der Waals surface area (Å²) in [7, 11) is 0. The van der Waals surface area contributed by atoms with E-state index in [4.69, 9.17) is 42.8 Å². The molecule has 3 rings (SSSR count). The van der Waals surface area contributed by atoms with Gasteiger partial charge in [0, 0.05) is 21.2 Å². The number of nitrogens with one attached hydrogen (secondary N) is 1. The second-order valence-corrected chi connectivity index (χ2v) is 7.30.